The third-order valence-electron chi connectivity index (χ3n) is 4.98. The highest BCUT2D eigenvalue weighted by Crippen LogP contribution is 2.52. The van der Waals surface area contributed by atoms with Gasteiger partial charge in [-0.2, -0.15) is 0 Å². The Balaban J connectivity index is 1.95. The van der Waals surface area contributed by atoms with E-state index in [0.29, 0.717) is 11.1 Å². The first-order valence-electron chi connectivity index (χ1n) is 7.32. The van der Waals surface area contributed by atoms with Crippen LogP contribution in [-0.4, -0.2) is 11.6 Å². The zero-order valence-electron chi connectivity index (χ0n) is 12.2. The third kappa shape index (κ3) is 1.69. The van der Waals surface area contributed by atoms with Gasteiger partial charge in [0, 0.05) is 44.6 Å². The van der Waals surface area contributed by atoms with E-state index in [1.54, 1.807) is 24.3 Å². The molecule has 0 amide bonds. The van der Waals surface area contributed by atoms with Gasteiger partial charge in [-0.1, -0.05) is 60.8 Å². The molecule has 0 bridgehead atoms. The molecule has 22 heavy (non-hydrogen) atoms. The standard InChI is InChI=1S/C17H14O3S2/c1-7-11-12(8(2)16-15(7)21-17(20)22-16)14(19)10-6-4-3-5-9(10)13(11)18/h3-8,11-12H,1-2H3. The van der Waals surface area contributed by atoms with Gasteiger partial charge < -0.3 is 0 Å². The Morgan fingerprint density at radius 3 is 1.59 bits per heavy atom. The van der Waals surface area contributed by atoms with E-state index >= 15 is 0 Å². The van der Waals surface area contributed by atoms with Gasteiger partial charge in [0.25, 0.3) is 4.06 Å². The molecule has 4 rings (SSSR count). The lowest BCUT2D eigenvalue weighted by atomic mass is 9.61. The molecule has 4 atom stereocenters. The van der Waals surface area contributed by atoms with E-state index in [1.807, 2.05) is 13.8 Å². The van der Waals surface area contributed by atoms with Gasteiger partial charge in [0.05, 0.1) is 0 Å². The molecule has 0 saturated heterocycles. The summed E-state index contributed by atoms with van der Waals surface area (Å²) in [4.78, 5) is 39.7. The molecule has 3 nitrogen and oxygen atoms in total. The van der Waals surface area contributed by atoms with Crippen LogP contribution in [0.15, 0.2) is 29.1 Å². The first kappa shape index (κ1) is 14.0. The maximum absolute atomic E-state index is 12.9. The second kappa shape index (κ2) is 4.70. The molecule has 1 aromatic heterocycles. The van der Waals surface area contributed by atoms with Crippen LogP contribution in [0.25, 0.3) is 0 Å². The highest BCUT2D eigenvalue weighted by atomic mass is 32.2. The largest absolute Gasteiger partial charge is 0.294 e. The summed E-state index contributed by atoms with van der Waals surface area (Å²) in [7, 11) is 0. The molecule has 0 radical (unpaired) electrons. The summed E-state index contributed by atoms with van der Waals surface area (Å²) >= 11 is 2.48. The Morgan fingerprint density at radius 2 is 1.18 bits per heavy atom. The fourth-order valence-corrected chi connectivity index (χ4v) is 6.49. The van der Waals surface area contributed by atoms with E-state index in [-0.39, 0.29) is 39.3 Å². The van der Waals surface area contributed by atoms with Crippen molar-refractivity contribution in [2.45, 2.75) is 25.7 Å². The normalized spacial score (nSPS) is 29.7. The van der Waals surface area contributed by atoms with Crippen LogP contribution in [0.5, 0.6) is 0 Å². The molecule has 0 saturated carbocycles. The number of ketones is 2. The Bertz CT molecular complexity index is 793. The third-order valence-corrected chi connectivity index (χ3v) is 7.57. The molecule has 0 spiro atoms. The average molecular weight is 330 g/mol. The number of hydrogen-bond donors (Lipinski definition) is 0. The van der Waals surface area contributed by atoms with Gasteiger partial charge in [-0.25, -0.2) is 0 Å². The fraction of sp³-hybridized carbons (Fsp3) is 0.353. The minimum Gasteiger partial charge on any atom is -0.294 e. The lowest BCUT2D eigenvalue weighted by Gasteiger charge is -2.41. The molecule has 1 heterocycles. The Hall–Kier alpha value is -1.59. The summed E-state index contributed by atoms with van der Waals surface area (Å²) in [6.45, 7) is 3.95. The maximum Gasteiger partial charge on any atom is 0.287 e. The van der Waals surface area contributed by atoms with E-state index < -0.39 is 0 Å². The van der Waals surface area contributed by atoms with Gasteiger partial charge in [-0.3, -0.25) is 14.4 Å². The first-order chi connectivity index (χ1) is 10.5. The van der Waals surface area contributed by atoms with E-state index in [1.165, 1.54) is 22.7 Å². The minimum absolute atomic E-state index is 0.0519. The van der Waals surface area contributed by atoms with Gasteiger partial charge in [0.1, 0.15) is 0 Å². The topological polar surface area (TPSA) is 51.2 Å². The minimum atomic E-state index is -0.338. The van der Waals surface area contributed by atoms with Crippen molar-refractivity contribution in [3.63, 3.8) is 0 Å². The number of hydrogen-bond acceptors (Lipinski definition) is 5. The van der Waals surface area contributed by atoms with E-state index in [2.05, 4.69) is 0 Å². The number of carbonyl (C=O) groups is 2. The average Bonchev–Trinajstić information content (AvgIpc) is 2.91. The lowest BCUT2D eigenvalue weighted by Crippen LogP contribution is -2.44. The number of Topliss-reactive ketones (excluding diaryl/α,β-unsaturated/α-hetero) is 2. The highest BCUT2D eigenvalue weighted by molar-refractivity contribution is 7.27. The molecule has 5 heteroatoms. The van der Waals surface area contributed by atoms with Gasteiger partial charge in [0.15, 0.2) is 11.6 Å². The maximum atomic E-state index is 12.9. The fourth-order valence-electron chi connectivity index (χ4n) is 3.94. The van der Waals surface area contributed by atoms with Gasteiger partial charge in [-0.05, 0) is 0 Å². The molecule has 0 fully saturated rings. The van der Waals surface area contributed by atoms with Crippen molar-refractivity contribution in [2.75, 3.05) is 0 Å². The molecule has 1 aromatic carbocycles. The van der Waals surface area contributed by atoms with E-state index in [4.69, 9.17) is 0 Å². The van der Waals surface area contributed by atoms with Crippen LogP contribution in [0.3, 0.4) is 0 Å². The second-order valence-electron chi connectivity index (χ2n) is 6.09. The van der Waals surface area contributed by atoms with Crippen molar-refractivity contribution in [2.24, 2.45) is 11.8 Å². The zero-order chi connectivity index (χ0) is 15.6. The zero-order valence-corrected chi connectivity index (χ0v) is 13.8. The van der Waals surface area contributed by atoms with Crippen LogP contribution < -0.4 is 4.06 Å². The van der Waals surface area contributed by atoms with Crippen LogP contribution >= 0.6 is 22.7 Å². The summed E-state index contributed by atoms with van der Waals surface area (Å²) in [5, 5.41) is 0. The summed E-state index contributed by atoms with van der Waals surface area (Å²) in [6.07, 6.45) is 0. The highest BCUT2D eigenvalue weighted by Gasteiger charge is 2.51. The lowest BCUT2D eigenvalue weighted by molar-refractivity contribution is 0.0670. The molecular weight excluding hydrogens is 316 g/mol. The van der Waals surface area contributed by atoms with E-state index in [0.717, 1.165) is 9.75 Å². The Morgan fingerprint density at radius 1 is 0.773 bits per heavy atom. The van der Waals surface area contributed by atoms with Crippen LogP contribution in [0.4, 0.5) is 0 Å². The van der Waals surface area contributed by atoms with Gasteiger partial charge in [-0.15, -0.1) is 0 Å². The van der Waals surface area contributed by atoms with Gasteiger partial charge >= 0.3 is 0 Å². The van der Waals surface area contributed by atoms with E-state index in [9.17, 15) is 14.4 Å². The molecule has 2 aliphatic carbocycles. The SMILES string of the molecule is CC1c2sc(=O)sc2C(C)C2C(=O)c3ccccc3C(=O)C12. The van der Waals surface area contributed by atoms with Crippen molar-refractivity contribution >= 4 is 34.2 Å². The summed E-state index contributed by atoms with van der Waals surface area (Å²) in [5.41, 5.74) is 1.08. The monoisotopic (exact) mass is 330 g/mol. The molecule has 4 unspecified atom stereocenters. The molecule has 2 aliphatic rings. The number of rotatable bonds is 0. The summed E-state index contributed by atoms with van der Waals surface area (Å²) in [5.74, 6) is -0.702. The number of carbonyl (C=O) groups excluding carboxylic acids is 2. The predicted molar refractivity (Wildman–Crippen MR) is 87.4 cm³/mol. The smallest absolute Gasteiger partial charge is 0.287 e. The summed E-state index contributed by atoms with van der Waals surface area (Å²) in [6, 6.07) is 7.09. The number of fused-ring (bicyclic) bond motifs is 3. The molecule has 112 valence electrons. The summed E-state index contributed by atoms with van der Waals surface area (Å²) < 4.78 is 0.0553. The van der Waals surface area contributed by atoms with Crippen molar-refractivity contribution in [3.05, 3.63) is 54.0 Å². The molecular formula is C17H14O3S2. The van der Waals surface area contributed by atoms with Crippen molar-refractivity contribution in [1.82, 2.24) is 0 Å². The first-order valence-corrected chi connectivity index (χ1v) is 8.95. The Labute approximate surface area is 135 Å². The predicted octanol–water partition coefficient (Wildman–Crippen LogP) is 3.70. The molecule has 0 N–H and O–H groups in total. The quantitative estimate of drug-likeness (QED) is 0.740. The van der Waals surface area contributed by atoms with Crippen LogP contribution in [-0.2, 0) is 0 Å². The molecule has 2 aromatic rings. The van der Waals surface area contributed by atoms with Crippen LogP contribution in [0, 0.1) is 11.8 Å². The van der Waals surface area contributed by atoms with Crippen LogP contribution in [0.1, 0.15) is 56.2 Å². The molecule has 0 aliphatic heterocycles. The van der Waals surface area contributed by atoms with Crippen molar-refractivity contribution < 1.29 is 9.59 Å². The van der Waals surface area contributed by atoms with Gasteiger partial charge in [0.2, 0.25) is 0 Å². The van der Waals surface area contributed by atoms with Crippen molar-refractivity contribution in [3.8, 4) is 0 Å². The van der Waals surface area contributed by atoms with Crippen molar-refractivity contribution in [1.29, 1.82) is 0 Å². The van der Waals surface area contributed by atoms with Crippen LogP contribution in [0.2, 0.25) is 0 Å². The Kier molecular flexibility index (Phi) is 3.00. The number of benzene rings is 1. The second-order valence-corrected chi connectivity index (χ2v) is 8.37.